The highest BCUT2D eigenvalue weighted by Crippen LogP contribution is 2.23. The summed E-state index contributed by atoms with van der Waals surface area (Å²) in [5.41, 5.74) is -0.651. The first-order valence-electron chi connectivity index (χ1n) is 5.97. The van der Waals surface area contributed by atoms with Crippen LogP contribution in [0.25, 0.3) is 0 Å². The van der Waals surface area contributed by atoms with Gasteiger partial charge in [-0.25, -0.2) is 0 Å². The lowest BCUT2D eigenvalue weighted by atomic mass is 10.1. The monoisotopic (exact) mass is 311 g/mol. The van der Waals surface area contributed by atoms with Gasteiger partial charge in [-0.3, -0.25) is 29.8 Å². The van der Waals surface area contributed by atoms with Crippen LogP contribution in [0, 0.1) is 10.1 Å². The molecule has 0 aromatic heterocycles. The summed E-state index contributed by atoms with van der Waals surface area (Å²) >= 11 is 5.66. The van der Waals surface area contributed by atoms with E-state index in [-0.39, 0.29) is 23.4 Å². The third-order valence-corrected chi connectivity index (χ3v) is 3.18. The molecule has 0 radical (unpaired) electrons. The molecule has 1 unspecified atom stereocenters. The second-order valence-electron chi connectivity index (χ2n) is 4.40. The van der Waals surface area contributed by atoms with Crippen molar-refractivity contribution in [2.24, 2.45) is 0 Å². The van der Waals surface area contributed by atoms with Crippen molar-refractivity contribution in [2.75, 3.05) is 0 Å². The lowest BCUT2D eigenvalue weighted by Gasteiger charge is -2.21. The van der Waals surface area contributed by atoms with Crippen molar-refractivity contribution in [3.63, 3.8) is 0 Å². The first kappa shape index (κ1) is 14.9. The average Bonchev–Trinajstić information content (AvgIpc) is 2.41. The Morgan fingerprint density at radius 1 is 1.43 bits per heavy atom. The number of carbonyl (C=O) groups is 3. The van der Waals surface area contributed by atoms with Gasteiger partial charge >= 0.3 is 0 Å². The van der Waals surface area contributed by atoms with Crippen LogP contribution in [0.4, 0.5) is 5.69 Å². The lowest BCUT2D eigenvalue weighted by molar-refractivity contribution is -0.385. The van der Waals surface area contributed by atoms with E-state index >= 15 is 0 Å². The number of nitrogens with one attached hydrogen (secondary N) is 2. The number of piperidine rings is 1. The maximum Gasteiger partial charge on any atom is 0.283 e. The molecule has 0 saturated carbocycles. The normalized spacial score (nSPS) is 18.0. The van der Waals surface area contributed by atoms with Crippen molar-refractivity contribution < 1.29 is 19.3 Å². The van der Waals surface area contributed by atoms with Crippen molar-refractivity contribution in [3.8, 4) is 0 Å². The van der Waals surface area contributed by atoms with Gasteiger partial charge in [-0.15, -0.1) is 0 Å². The smallest absolute Gasteiger partial charge is 0.283 e. The number of hydrogen-bond donors (Lipinski definition) is 2. The topological polar surface area (TPSA) is 118 Å². The van der Waals surface area contributed by atoms with E-state index in [0.717, 1.165) is 6.07 Å². The molecule has 2 N–H and O–H groups in total. The number of halogens is 1. The van der Waals surface area contributed by atoms with Crippen LogP contribution in [0.3, 0.4) is 0 Å². The summed E-state index contributed by atoms with van der Waals surface area (Å²) in [4.78, 5) is 44.8. The van der Waals surface area contributed by atoms with Gasteiger partial charge in [0, 0.05) is 17.5 Å². The Labute approximate surface area is 123 Å². The molecule has 1 aromatic rings. The fraction of sp³-hybridized carbons (Fsp3) is 0.250. The summed E-state index contributed by atoms with van der Waals surface area (Å²) in [6.07, 6.45) is 0.247. The second kappa shape index (κ2) is 5.88. The molecule has 3 amide bonds. The first-order chi connectivity index (χ1) is 9.88. The number of benzene rings is 1. The summed E-state index contributed by atoms with van der Waals surface area (Å²) in [5.74, 6) is -1.81. The van der Waals surface area contributed by atoms with Gasteiger partial charge in [-0.1, -0.05) is 11.6 Å². The van der Waals surface area contributed by atoms with Crippen LogP contribution >= 0.6 is 11.6 Å². The zero-order chi connectivity index (χ0) is 15.6. The minimum atomic E-state index is -0.898. The zero-order valence-electron chi connectivity index (χ0n) is 10.6. The zero-order valence-corrected chi connectivity index (χ0v) is 11.3. The Bertz CT molecular complexity index is 646. The number of carbonyl (C=O) groups excluding carboxylic acids is 3. The van der Waals surface area contributed by atoms with Crippen LogP contribution in [0.15, 0.2) is 18.2 Å². The molecule has 2 rings (SSSR count). The van der Waals surface area contributed by atoms with Crippen LogP contribution in [0.5, 0.6) is 0 Å². The van der Waals surface area contributed by atoms with Crippen molar-refractivity contribution in [1.82, 2.24) is 10.6 Å². The molecule has 8 nitrogen and oxygen atoms in total. The Morgan fingerprint density at radius 3 is 2.76 bits per heavy atom. The van der Waals surface area contributed by atoms with Gasteiger partial charge < -0.3 is 5.32 Å². The molecule has 1 aromatic carbocycles. The number of rotatable bonds is 3. The molecule has 9 heteroatoms. The molecule has 1 aliphatic rings. The fourth-order valence-corrected chi connectivity index (χ4v) is 2.08. The van der Waals surface area contributed by atoms with E-state index in [9.17, 15) is 24.5 Å². The highest BCUT2D eigenvalue weighted by Gasteiger charge is 2.30. The van der Waals surface area contributed by atoms with Gasteiger partial charge in [-0.2, -0.15) is 0 Å². The van der Waals surface area contributed by atoms with E-state index in [4.69, 9.17) is 11.6 Å². The number of hydrogen-bond acceptors (Lipinski definition) is 5. The molecule has 0 bridgehead atoms. The van der Waals surface area contributed by atoms with Gasteiger partial charge in [0.25, 0.3) is 11.6 Å². The van der Waals surface area contributed by atoms with E-state index in [1.807, 2.05) is 0 Å². The summed E-state index contributed by atoms with van der Waals surface area (Å²) in [7, 11) is 0. The Balaban J connectivity index is 2.19. The molecule has 1 atom stereocenters. The van der Waals surface area contributed by atoms with E-state index in [1.165, 1.54) is 12.1 Å². The van der Waals surface area contributed by atoms with Crippen molar-refractivity contribution >= 4 is 35.0 Å². The van der Waals surface area contributed by atoms with Gasteiger partial charge in [0.2, 0.25) is 11.8 Å². The average molecular weight is 312 g/mol. The maximum absolute atomic E-state index is 12.1. The summed E-state index contributed by atoms with van der Waals surface area (Å²) < 4.78 is 0. The predicted octanol–water partition coefficient (Wildman–Crippen LogP) is 0.783. The molecule has 21 heavy (non-hydrogen) atoms. The summed E-state index contributed by atoms with van der Waals surface area (Å²) in [6.45, 7) is 0. The lowest BCUT2D eigenvalue weighted by Crippen LogP contribution is -2.52. The van der Waals surface area contributed by atoms with Crippen LogP contribution in [-0.2, 0) is 9.59 Å². The van der Waals surface area contributed by atoms with Crippen LogP contribution < -0.4 is 10.6 Å². The van der Waals surface area contributed by atoms with Crippen molar-refractivity contribution in [1.29, 1.82) is 0 Å². The van der Waals surface area contributed by atoms with Crippen LogP contribution in [0.2, 0.25) is 5.02 Å². The molecular formula is C12H10ClN3O5. The number of nitro benzene ring substituents is 1. The van der Waals surface area contributed by atoms with E-state index in [1.54, 1.807) is 0 Å². The molecule has 1 saturated heterocycles. The molecule has 1 heterocycles. The van der Waals surface area contributed by atoms with E-state index in [2.05, 4.69) is 10.6 Å². The van der Waals surface area contributed by atoms with Crippen molar-refractivity contribution in [2.45, 2.75) is 18.9 Å². The van der Waals surface area contributed by atoms with Crippen LogP contribution in [0.1, 0.15) is 23.2 Å². The predicted molar refractivity (Wildman–Crippen MR) is 71.7 cm³/mol. The van der Waals surface area contributed by atoms with Crippen molar-refractivity contribution in [3.05, 3.63) is 38.9 Å². The third kappa shape index (κ3) is 3.34. The first-order valence-corrected chi connectivity index (χ1v) is 6.35. The van der Waals surface area contributed by atoms with Gasteiger partial charge in [0.1, 0.15) is 11.6 Å². The Morgan fingerprint density at radius 2 is 2.14 bits per heavy atom. The van der Waals surface area contributed by atoms with Gasteiger partial charge in [0.15, 0.2) is 0 Å². The molecular weight excluding hydrogens is 302 g/mol. The molecule has 110 valence electrons. The molecule has 0 spiro atoms. The quantitative estimate of drug-likeness (QED) is 0.486. The molecule has 1 aliphatic heterocycles. The van der Waals surface area contributed by atoms with Gasteiger partial charge in [-0.05, 0) is 18.6 Å². The fourth-order valence-electron chi connectivity index (χ4n) is 1.92. The molecule has 0 aliphatic carbocycles. The summed E-state index contributed by atoms with van der Waals surface area (Å²) in [6, 6.07) is 2.71. The third-order valence-electron chi connectivity index (χ3n) is 2.95. The standard InChI is InChI=1S/C12H10ClN3O5/c13-6-1-2-7(9(5-6)16(20)21)11(18)14-8-3-4-10(17)15-12(8)19/h1-2,5,8H,3-4H2,(H,14,18)(H,15,17,19). The van der Waals surface area contributed by atoms with E-state index in [0.29, 0.717) is 0 Å². The number of nitro groups is 1. The minimum absolute atomic E-state index is 0.0966. The largest absolute Gasteiger partial charge is 0.340 e. The second-order valence-corrected chi connectivity index (χ2v) is 4.83. The number of imide groups is 1. The number of amides is 3. The van der Waals surface area contributed by atoms with Gasteiger partial charge in [0.05, 0.1) is 4.92 Å². The highest BCUT2D eigenvalue weighted by atomic mass is 35.5. The Kier molecular flexibility index (Phi) is 4.18. The SMILES string of the molecule is O=C1CCC(NC(=O)c2ccc(Cl)cc2[N+](=O)[O-])C(=O)N1. The highest BCUT2D eigenvalue weighted by molar-refractivity contribution is 6.31. The molecule has 1 fully saturated rings. The summed E-state index contributed by atoms with van der Waals surface area (Å²) in [5, 5.41) is 15.5. The maximum atomic E-state index is 12.1. The van der Waals surface area contributed by atoms with Crippen LogP contribution in [-0.4, -0.2) is 28.7 Å². The minimum Gasteiger partial charge on any atom is -0.340 e. The number of nitrogens with zero attached hydrogens (tertiary/aromatic N) is 1. The Hall–Kier alpha value is -2.48. The van der Waals surface area contributed by atoms with E-state index < -0.39 is 34.4 Å².